The Balaban J connectivity index is 1.71. The predicted molar refractivity (Wildman–Crippen MR) is 113 cm³/mol. The number of nitrogens with one attached hydrogen (secondary N) is 1. The number of hydrogen-bond donors (Lipinski definition) is 1. The van der Waals surface area contributed by atoms with Crippen molar-refractivity contribution >= 4 is 16.2 Å². The molecule has 0 aliphatic heterocycles. The van der Waals surface area contributed by atoms with E-state index in [1.54, 1.807) is 54.6 Å². The van der Waals surface area contributed by atoms with Crippen LogP contribution in [0.1, 0.15) is 18.1 Å². The maximum absolute atomic E-state index is 13.8. The molecule has 0 radical (unpaired) electrons. The Labute approximate surface area is 175 Å². The van der Waals surface area contributed by atoms with Crippen LogP contribution in [-0.2, 0) is 16.6 Å². The molecule has 8 heteroatoms. The third-order valence-electron chi connectivity index (χ3n) is 4.05. The Morgan fingerprint density at radius 3 is 2.43 bits per heavy atom. The zero-order chi connectivity index (χ0) is 21.4. The number of benzene rings is 3. The molecular formula is C22H21FN2O4S. The van der Waals surface area contributed by atoms with Gasteiger partial charge in [-0.2, -0.15) is 13.5 Å². The lowest BCUT2D eigenvalue weighted by Crippen LogP contribution is -2.18. The first-order valence-corrected chi connectivity index (χ1v) is 10.7. The first kappa shape index (κ1) is 21.3. The van der Waals surface area contributed by atoms with E-state index >= 15 is 0 Å². The lowest BCUT2D eigenvalue weighted by Gasteiger charge is -2.13. The summed E-state index contributed by atoms with van der Waals surface area (Å²) in [5.74, 6) is 0.552. The van der Waals surface area contributed by atoms with E-state index in [2.05, 4.69) is 9.93 Å². The second-order valence-electron chi connectivity index (χ2n) is 6.19. The minimum atomic E-state index is -3.74. The van der Waals surface area contributed by atoms with Gasteiger partial charge >= 0.3 is 0 Å². The molecule has 156 valence electrons. The van der Waals surface area contributed by atoms with Gasteiger partial charge in [0.2, 0.25) is 0 Å². The minimum absolute atomic E-state index is 0.0526. The molecule has 0 aliphatic carbocycles. The number of nitrogens with zero attached hydrogens (tertiary/aromatic N) is 1. The molecule has 0 saturated carbocycles. The van der Waals surface area contributed by atoms with Crippen molar-refractivity contribution in [3.63, 3.8) is 0 Å². The van der Waals surface area contributed by atoms with Gasteiger partial charge in [0.05, 0.1) is 17.7 Å². The molecule has 1 N–H and O–H groups in total. The molecule has 0 heterocycles. The molecule has 30 heavy (non-hydrogen) atoms. The Morgan fingerprint density at radius 2 is 1.70 bits per heavy atom. The average Bonchev–Trinajstić information content (AvgIpc) is 2.75. The maximum Gasteiger partial charge on any atom is 0.276 e. The molecule has 0 spiro atoms. The molecule has 0 aromatic heterocycles. The fourth-order valence-corrected chi connectivity index (χ4v) is 3.40. The minimum Gasteiger partial charge on any atom is -0.490 e. The van der Waals surface area contributed by atoms with Crippen LogP contribution in [-0.4, -0.2) is 21.2 Å². The summed E-state index contributed by atoms with van der Waals surface area (Å²) >= 11 is 0. The van der Waals surface area contributed by atoms with Gasteiger partial charge in [0.25, 0.3) is 10.0 Å². The van der Waals surface area contributed by atoms with Crippen LogP contribution in [0.15, 0.2) is 82.8 Å². The molecular weight excluding hydrogens is 407 g/mol. The zero-order valence-electron chi connectivity index (χ0n) is 16.3. The van der Waals surface area contributed by atoms with Crippen LogP contribution in [0, 0.1) is 5.82 Å². The number of ether oxygens (including phenoxy) is 2. The van der Waals surface area contributed by atoms with Gasteiger partial charge in [-0.1, -0.05) is 36.4 Å². The van der Waals surface area contributed by atoms with Crippen molar-refractivity contribution in [1.29, 1.82) is 0 Å². The van der Waals surface area contributed by atoms with Gasteiger partial charge in [-0.3, -0.25) is 0 Å². The summed E-state index contributed by atoms with van der Waals surface area (Å²) < 4.78 is 49.5. The normalized spacial score (nSPS) is 11.4. The molecule has 0 aliphatic rings. The van der Waals surface area contributed by atoms with Crippen molar-refractivity contribution in [3.8, 4) is 11.5 Å². The summed E-state index contributed by atoms with van der Waals surface area (Å²) in [5, 5.41) is 3.82. The summed E-state index contributed by atoms with van der Waals surface area (Å²) in [6.45, 7) is 2.28. The van der Waals surface area contributed by atoms with Crippen LogP contribution >= 0.6 is 0 Å². The zero-order valence-corrected chi connectivity index (χ0v) is 17.1. The molecule has 0 saturated heterocycles. The molecule has 0 amide bonds. The Hall–Kier alpha value is -3.39. The van der Waals surface area contributed by atoms with Gasteiger partial charge in [0, 0.05) is 5.56 Å². The predicted octanol–water partition coefficient (Wildman–Crippen LogP) is 4.12. The van der Waals surface area contributed by atoms with E-state index in [9.17, 15) is 12.8 Å². The highest BCUT2D eigenvalue weighted by Gasteiger charge is 2.12. The van der Waals surface area contributed by atoms with Crippen molar-refractivity contribution in [1.82, 2.24) is 4.83 Å². The number of halogens is 1. The van der Waals surface area contributed by atoms with Crippen molar-refractivity contribution in [2.45, 2.75) is 18.4 Å². The first-order valence-electron chi connectivity index (χ1n) is 9.22. The molecule has 0 atom stereocenters. The molecule has 0 bridgehead atoms. The Kier molecular flexibility index (Phi) is 7.03. The van der Waals surface area contributed by atoms with Crippen LogP contribution in [0.3, 0.4) is 0 Å². The van der Waals surface area contributed by atoms with Crippen molar-refractivity contribution in [3.05, 3.63) is 89.7 Å². The molecule has 0 unspecified atom stereocenters. The molecule has 0 fully saturated rings. The number of hydrogen-bond acceptors (Lipinski definition) is 5. The van der Waals surface area contributed by atoms with Gasteiger partial charge in [-0.25, -0.2) is 9.22 Å². The second-order valence-corrected chi connectivity index (χ2v) is 7.85. The summed E-state index contributed by atoms with van der Waals surface area (Å²) in [6.07, 6.45) is 1.36. The number of hydrazone groups is 1. The van der Waals surface area contributed by atoms with E-state index in [4.69, 9.17) is 9.47 Å². The highest BCUT2D eigenvalue weighted by molar-refractivity contribution is 7.89. The van der Waals surface area contributed by atoms with Crippen LogP contribution < -0.4 is 14.3 Å². The van der Waals surface area contributed by atoms with Gasteiger partial charge in [0.1, 0.15) is 12.4 Å². The van der Waals surface area contributed by atoms with E-state index < -0.39 is 10.0 Å². The summed E-state index contributed by atoms with van der Waals surface area (Å²) in [4.78, 5) is 2.29. The van der Waals surface area contributed by atoms with Crippen molar-refractivity contribution < 1.29 is 22.3 Å². The maximum atomic E-state index is 13.8. The SMILES string of the molecule is CCOc1cc(/C=N/NS(=O)(=O)c2ccccc2)ccc1OCc1ccccc1F. The third kappa shape index (κ3) is 5.57. The van der Waals surface area contributed by atoms with E-state index in [-0.39, 0.29) is 17.3 Å². The van der Waals surface area contributed by atoms with Crippen molar-refractivity contribution in [2.24, 2.45) is 5.10 Å². The number of rotatable bonds is 9. The third-order valence-corrected chi connectivity index (χ3v) is 5.29. The van der Waals surface area contributed by atoms with Gasteiger partial charge in [-0.05, 0) is 48.9 Å². The fourth-order valence-electron chi connectivity index (χ4n) is 2.59. The van der Waals surface area contributed by atoms with Gasteiger partial charge in [0.15, 0.2) is 11.5 Å². The molecule has 3 aromatic carbocycles. The van der Waals surface area contributed by atoms with Crippen molar-refractivity contribution in [2.75, 3.05) is 6.61 Å². The van der Waals surface area contributed by atoms with E-state index in [0.717, 1.165) is 0 Å². The second kappa shape index (κ2) is 9.89. The first-order chi connectivity index (χ1) is 14.5. The Morgan fingerprint density at radius 1 is 0.967 bits per heavy atom. The quantitative estimate of drug-likeness (QED) is 0.411. The monoisotopic (exact) mass is 428 g/mol. The van der Waals surface area contributed by atoms with Crippen LogP contribution in [0.25, 0.3) is 0 Å². The van der Waals surface area contributed by atoms with Crippen LogP contribution in [0.5, 0.6) is 11.5 Å². The molecule has 3 rings (SSSR count). The Bertz CT molecular complexity index is 1120. The summed E-state index contributed by atoms with van der Waals surface area (Å²) in [7, 11) is -3.74. The van der Waals surface area contributed by atoms with Crippen LogP contribution in [0.4, 0.5) is 4.39 Å². The van der Waals surface area contributed by atoms with Gasteiger partial charge < -0.3 is 9.47 Å². The largest absolute Gasteiger partial charge is 0.490 e. The van der Waals surface area contributed by atoms with Crippen LogP contribution in [0.2, 0.25) is 0 Å². The molecule has 6 nitrogen and oxygen atoms in total. The highest BCUT2D eigenvalue weighted by Crippen LogP contribution is 2.29. The topological polar surface area (TPSA) is 77.0 Å². The van der Waals surface area contributed by atoms with E-state index in [1.807, 2.05) is 6.92 Å². The van der Waals surface area contributed by atoms with E-state index in [0.29, 0.717) is 29.2 Å². The van der Waals surface area contributed by atoms with E-state index in [1.165, 1.54) is 24.4 Å². The lowest BCUT2D eigenvalue weighted by atomic mass is 10.2. The highest BCUT2D eigenvalue weighted by atomic mass is 32.2. The standard InChI is InChI=1S/C22H21FN2O4S/c1-2-28-22-14-17(15-24-25-30(26,27)19-9-4-3-5-10-19)12-13-21(22)29-16-18-8-6-7-11-20(18)23/h3-15,25H,2,16H2,1H3/b24-15+. The average molecular weight is 428 g/mol. The smallest absolute Gasteiger partial charge is 0.276 e. The van der Waals surface area contributed by atoms with Gasteiger partial charge in [-0.15, -0.1) is 0 Å². The number of sulfonamides is 1. The summed E-state index contributed by atoms with van der Waals surface area (Å²) in [5.41, 5.74) is 1.04. The molecule has 3 aromatic rings. The lowest BCUT2D eigenvalue weighted by molar-refractivity contribution is 0.266. The summed E-state index contributed by atoms with van der Waals surface area (Å²) in [6, 6.07) is 19.4. The fraction of sp³-hybridized carbons (Fsp3) is 0.136.